The molecule has 114 valence electrons. The van der Waals surface area contributed by atoms with Gasteiger partial charge in [-0.05, 0) is 31.4 Å². The summed E-state index contributed by atoms with van der Waals surface area (Å²) in [5.74, 6) is -0.0530. The Morgan fingerprint density at radius 2 is 1.76 bits per heavy atom. The van der Waals surface area contributed by atoms with Crippen molar-refractivity contribution in [3.63, 3.8) is 0 Å². The minimum absolute atomic E-state index is 0.0530. The molecule has 0 amide bonds. The van der Waals surface area contributed by atoms with Crippen LogP contribution in [0.4, 0.5) is 0 Å². The monoisotopic (exact) mass is 365 g/mol. The van der Waals surface area contributed by atoms with Gasteiger partial charge in [-0.3, -0.25) is 0 Å². The van der Waals surface area contributed by atoms with Crippen molar-refractivity contribution in [2.24, 2.45) is 5.92 Å². The average molecular weight is 367 g/mol. The molecule has 1 aliphatic carbocycles. The standard InChI is InChI=1S/C14H14Cl3NO2S/c1-9-2-6-12(7-3-9)21(19,20)18-11-5-4-10(8-11)13(18)14(15,16)17/h2-7,10-11,13H,8H2,1H3/t10-,11-,13+/m0/s1. The number of hydrogen-bond acceptors (Lipinski definition) is 2. The molecule has 0 spiro atoms. The van der Waals surface area contributed by atoms with Crippen molar-refractivity contribution in [2.45, 2.75) is 34.1 Å². The molecular formula is C14H14Cl3NO2S. The maximum atomic E-state index is 12.9. The van der Waals surface area contributed by atoms with Crippen molar-refractivity contribution in [2.75, 3.05) is 0 Å². The van der Waals surface area contributed by atoms with E-state index in [9.17, 15) is 8.42 Å². The van der Waals surface area contributed by atoms with Gasteiger partial charge in [0.25, 0.3) is 0 Å². The normalized spacial score (nSPS) is 29.2. The maximum absolute atomic E-state index is 12.9. The largest absolute Gasteiger partial charge is 0.244 e. The number of rotatable bonds is 2. The van der Waals surface area contributed by atoms with E-state index >= 15 is 0 Å². The third-order valence-corrected chi connectivity index (χ3v) is 6.62. The van der Waals surface area contributed by atoms with Crippen LogP contribution in [0.5, 0.6) is 0 Å². The Hall–Kier alpha value is -0.260. The van der Waals surface area contributed by atoms with Crippen LogP contribution in [0.2, 0.25) is 0 Å². The maximum Gasteiger partial charge on any atom is 0.244 e. The molecule has 2 aliphatic rings. The van der Waals surface area contributed by atoms with Crippen molar-refractivity contribution in [3.8, 4) is 0 Å². The molecule has 0 radical (unpaired) electrons. The summed E-state index contributed by atoms with van der Waals surface area (Å²) < 4.78 is 25.5. The summed E-state index contributed by atoms with van der Waals surface area (Å²) in [6.07, 6.45) is 4.49. The van der Waals surface area contributed by atoms with Gasteiger partial charge in [0.05, 0.1) is 10.9 Å². The third-order valence-electron chi connectivity index (χ3n) is 4.03. The third kappa shape index (κ3) is 2.62. The molecule has 1 fully saturated rings. The molecule has 0 unspecified atom stereocenters. The van der Waals surface area contributed by atoms with Gasteiger partial charge in [0.15, 0.2) is 0 Å². The highest BCUT2D eigenvalue weighted by Gasteiger charge is 2.56. The smallest absolute Gasteiger partial charge is 0.207 e. The molecule has 1 aliphatic heterocycles. The second-order valence-electron chi connectivity index (χ2n) is 5.49. The summed E-state index contributed by atoms with van der Waals surface area (Å²) >= 11 is 18.1. The molecule has 0 saturated carbocycles. The second-order valence-corrected chi connectivity index (χ2v) is 9.70. The quantitative estimate of drug-likeness (QED) is 0.591. The van der Waals surface area contributed by atoms with Crippen LogP contribution in [0.3, 0.4) is 0 Å². The highest BCUT2D eigenvalue weighted by Crippen LogP contribution is 2.50. The Morgan fingerprint density at radius 1 is 1.14 bits per heavy atom. The van der Waals surface area contributed by atoms with Crippen LogP contribution < -0.4 is 0 Å². The lowest BCUT2D eigenvalue weighted by molar-refractivity contribution is 0.327. The fraction of sp³-hybridized carbons (Fsp3) is 0.429. The van der Waals surface area contributed by atoms with E-state index < -0.39 is 19.9 Å². The molecule has 3 rings (SSSR count). The molecule has 2 bridgehead atoms. The van der Waals surface area contributed by atoms with Gasteiger partial charge in [-0.15, -0.1) is 0 Å². The lowest BCUT2D eigenvalue weighted by Gasteiger charge is -2.35. The SMILES string of the molecule is Cc1ccc(S(=O)(=O)N2[C@H]3C=C[C@@H](C3)[C@@H]2C(Cl)(Cl)Cl)cc1. The Kier molecular flexibility index (Phi) is 3.82. The van der Waals surface area contributed by atoms with Crippen LogP contribution in [0.1, 0.15) is 12.0 Å². The molecule has 1 aromatic carbocycles. The predicted octanol–water partition coefficient (Wildman–Crippen LogP) is 3.68. The van der Waals surface area contributed by atoms with Crippen LogP contribution in [0, 0.1) is 12.8 Å². The first-order valence-corrected chi connectivity index (χ1v) is 9.14. The zero-order valence-corrected chi connectivity index (χ0v) is 14.3. The highest BCUT2D eigenvalue weighted by atomic mass is 35.6. The molecule has 3 nitrogen and oxygen atoms in total. The number of nitrogens with zero attached hydrogens (tertiary/aromatic N) is 1. The van der Waals surface area contributed by atoms with Crippen molar-refractivity contribution in [3.05, 3.63) is 42.0 Å². The fourth-order valence-corrected chi connectivity index (χ4v) is 5.90. The molecule has 0 N–H and O–H groups in total. The predicted molar refractivity (Wildman–Crippen MR) is 85.3 cm³/mol. The molecule has 21 heavy (non-hydrogen) atoms. The molecule has 3 atom stereocenters. The van der Waals surface area contributed by atoms with E-state index in [1.165, 1.54) is 4.31 Å². The molecule has 1 aromatic rings. The van der Waals surface area contributed by atoms with Crippen LogP contribution in [0.25, 0.3) is 0 Å². The van der Waals surface area contributed by atoms with Gasteiger partial charge in [0.2, 0.25) is 13.8 Å². The van der Waals surface area contributed by atoms with Gasteiger partial charge >= 0.3 is 0 Å². The summed E-state index contributed by atoms with van der Waals surface area (Å²) in [4.78, 5) is 0.230. The lowest BCUT2D eigenvalue weighted by atomic mass is 10.0. The summed E-state index contributed by atoms with van der Waals surface area (Å²) in [6, 6.07) is 5.82. The van der Waals surface area contributed by atoms with Crippen LogP contribution >= 0.6 is 34.8 Å². The number of benzene rings is 1. The van der Waals surface area contributed by atoms with E-state index in [2.05, 4.69) is 0 Å². The fourth-order valence-electron chi connectivity index (χ4n) is 3.07. The first-order valence-electron chi connectivity index (χ1n) is 6.56. The Balaban J connectivity index is 2.05. The molecular weight excluding hydrogens is 353 g/mol. The van der Waals surface area contributed by atoms with Crippen molar-refractivity contribution in [1.82, 2.24) is 4.31 Å². The Labute approximate surface area is 139 Å². The van der Waals surface area contributed by atoms with Crippen molar-refractivity contribution in [1.29, 1.82) is 0 Å². The summed E-state index contributed by atoms with van der Waals surface area (Å²) in [7, 11) is -3.69. The van der Waals surface area contributed by atoms with E-state index in [0.29, 0.717) is 6.42 Å². The molecule has 7 heteroatoms. The van der Waals surface area contributed by atoms with Gasteiger partial charge in [-0.25, -0.2) is 8.42 Å². The van der Waals surface area contributed by atoms with Gasteiger partial charge in [0, 0.05) is 6.04 Å². The van der Waals surface area contributed by atoms with E-state index in [-0.39, 0.29) is 16.9 Å². The lowest BCUT2D eigenvalue weighted by Crippen LogP contribution is -2.49. The summed E-state index contributed by atoms with van der Waals surface area (Å²) in [5, 5.41) is 0. The number of halogens is 3. The summed E-state index contributed by atoms with van der Waals surface area (Å²) in [5.41, 5.74) is 0.995. The number of alkyl halides is 3. The van der Waals surface area contributed by atoms with Crippen LogP contribution in [-0.2, 0) is 10.0 Å². The Morgan fingerprint density at radius 3 is 2.33 bits per heavy atom. The van der Waals surface area contributed by atoms with E-state index in [1.807, 2.05) is 19.1 Å². The number of aryl methyl sites for hydroxylation is 1. The first-order chi connectivity index (χ1) is 9.71. The second kappa shape index (κ2) is 5.14. The van der Waals surface area contributed by atoms with Crippen molar-refractivity contribution >= 4 is 44.8 Å². The molecule has 0 aromatic heterocycles. The number of sulfonamides is 1. The minimum Gasteiger partial charge on any atom is -0.207 e. The van der Waals surface area contributed by atoms with Gasteiger partial charge in [-0.2, -0.15) is 4.31 Å². The highest BCUT2D eigenvalue weighted by molar-refractivity contribution is 7.89. The van der Waals surface area contributed by atoms with E-state index in [1.54, 1.807) is 24.3 Å². The zero-order chi connectivity index (χ0) is 15.4. The van der Waals surface area contributed by atoms with Gasteiger partial charge in [0.1, 0.15) is 0 Å². The molecule has 1 saturated heterocycles. The van der Waals surface area contributed by atoms with Crippen LogP contribution in [0.15, 0.2) is 41.3 Å². The topological polar surface area (TPSA) is 37.4 Å². The van der Waals surface area contributed by atoms with Crippen LogP contribution in [-0.4, -0.2) is 28.6 Å². The zero-order valence-electron chi connectivity index (χ0n) is 11.2. The van der Waals surface area contributed by atoms with Gasteiger partial charge < -0.3 is 0 Å². The van der Waals surface area contributed by atoms with E-state index in [4.69, 9.17) is 34.8 Å². The average Bonchev–Trinajstić information content (AvgIpc) is 2.98. The van der Waals surface area contributed by atoms with Gasteiger partial charge in [-0.1, -0.05) is 64.7 Å². The van der Waals surface area contributed by atoms with Crippen molar-refractivity contribution < 1.29 is 8.42 Å². The van der Waals surface area contributed by atoms with E-state index in [0.717, 1.165) is 5.56 Å². The number of fused-ring (bicyclic) bond motifs is 2. The number of hydrogen-bond donors (Lipinski definition) is 0. The Bertz CT molecular complexity index is 679. The first kappa shape index (κ1) is 15.6. The minimum atomic E-state index is -3.69. The summed E-state index contributed by atoms with van der Waals surface area (Å²) in [6.45, 7) is 1.90. The molecule has 1 heterocycles.